The first-order valence-corrected chi connectivity index (χ1v) is 7.90. The van der Waals surface area contributed by atoms with E-state index in [-0.39, 0.29) is 5.25 Å². The van der Waals surface area contributed by atoms with E-state index in [9.17, 15) is 8.42 Å². The number of hydrogen-bond acceptors (Lipinski definition) is 3. The summed E-state index contributed by atoms with van der Waals surface area (Å²) >= 11 is 0. The average Bonchev–Trinajstić information content (AvgIpc) is 2.18. The average molecular weight is 233 g/mol. The lowest BCUT2D eigenvalue weighted by atomic mass is 9.86. The quantitative estimate of drug-likeness (QED) is 0.784. The van der Waals surface area contributed by atoms with Crippen molar-refractivity contribution in [2.24, 2.45) is 5.92 Å². The smallest absolute Gasteiger partial charge is 0.151 e. The van der Waals surface area contributed by atoms with Crippen LogP contribution in [-0.4, -0.2) is 33.0 Å². The minimum atomic E-state index is -2.90. The normalized spacial score (nSPS) is 21.5. The van der Waals surface area contributed by atoms with Gasteiger partial charge in [0.15, 0.2) is 9.84 Å². The second-order valence-electron chi connectivity index (χ2n) is 4.57. The van der Waals surface area contributed by atoms with Crippen LogP contribution in [-0.2, 0) is 9.84 Å². The summed E-state index contributed by atoms with van der Waals surface area (Å²) in [4.78, 5) is 0. The standard InChI is InChI=1S/C11H23NO2S/c1-3-12-9-11(15(2,13)14)10-7-5-4-6-8-10/h10-12H,3-9H2,1-2H3. The second kappa shape index (κ2) is 5.85. The van der Waals surface area contributed by atoms with Crippen molar-refractivity contribution in [2.75, 3.05) is 19.3 Å². The first kappa shape index (κ1) is 13.0. The van der Waals surface area contributed by atoms with Crippen molar-refractivity contribution in [3.8, 4) is 0 Å². The van der Waals surface area contributed by atoms with Gasteiger partial charge in [0.05, 0.1) is 5.25 Å². The lowest BCUT2D eigenvalue weighted by molar-refractivity contribution is 0.335. The molecule has 15 heavy (non-hydrogen) atoms. The van der Waals surface area contributed by atoms with Crippen LogP contribution in [0.2, 0.25) is 0 Å². The van der Waals surface area contributed by atoms with Crippen LogP contribution in [0.3, 0.4) is 0 Å². The maximum Gasteiger partial charge on any atom is 0.151 e. The molecule has 1 atom stereocenters. The summed E-state index contributed by atoms with van der Waals surface area (Å²) in [6, 6.07) is 0. The van der Waals surface area contributed by atoms with Gasteiger partial charge in [-0.25, -0.2) is 8.42 Å². The molecule has 1 N–H and O–H groups in total. The Labute approximate surface area is 93.6 Å². The summed E-state index contributed by atoms with van der Waals surface area (Å²) < 4.78 is 23.4. The van der Waals surface area contributed by atoms with Crippen LogP contribution in [0.4, 0.5) is 0 Å². The highest BCUT2D eigenvalue weighted by Gasteiger charge is 2.30. The molecular weight excluding hydrogens is 210 g/mol. The highest BCUT2D eigenvalue weighted by molar-refractivity contribution is 7.91. The lowest BCUT2D eigenvalue weighted by Gasteiger charge is -2.29. The number of sulfone groups is 1. The summed E-state index contributed by atoms with van der Waals surface area (Å²) in [7, 11) is -2.90. The van der Waals surface area contributed by atoms with E-state index in [0.717, 1.165) is 19.4 Å². The Kier molecular flexibility index (Phi) is 5.06. The lowest BCUT2D eigenvalue weighted by Crippen LogP contribution is -2.39. The Morgan fingerprint density at radius 2 is 1.87 bits per heavy atom. The van der Waals surface area contributed by atoms with Gasteiger partial charge in [-0.1, -0.05) is 26.2 Å². The minimum absolute atomic E-state index is 0.169. The molecule has 0 aromatic rings. The molecule has 1 unspecified atom stereocenters. The van der Waals surface area contributed by atoms with Gasteiger partial charge in [-0.3, -0.25) is 0 Å². The first-order chi connectivity index (χ1) is 7.05. The molecule has 1 aliphatic carbocycles. The van der Waals surface area contributed by atoms with Gasteiger partial charge < -0.3 is 5.32 Å². The molecule has 0 saturated heterocycles. The van der Waals surface area contributed by atoms with E-state index in [1.807, 2.05) is 6.92 Å². The van der Waals surface area contributed by atoms with E-state index in [0.29, 0.717) is 12.5 Å². The first-order valence-electron chi connectivity index (χ1n) is 5.95. The molecule has 0 heterocycles. The minimum Gasteiger partial charge on any atom is -0.316 e. The zero-order valence-electron chi connectivity index (χ0n) is 9.83. The van der Waals surface area contributed by atoms with Crippen LogP contribution < -0.4 is 5.32 Å². The van der Waals surface area contributed by atoms with Crippen molar-refractivity contribution < 1.29 is 8.42 Å². The molecule has 1 fully saturated rings. The van der Waals surface area contributed by atoms with Crippen LogP contribution in [0.5, 0.6) is 0 Å². The van der Waals surface area contributed by atoms with E-state index in [1.54, 1.807) is 0 Å². The fourth-order valence-electron chi connectivity index (χ4n) is 2.46. The van der Waals surface area contributed by atoms with Crippen LogP contribution in [0.1, 0.15) is 39.0 Å². The molecule has 1 rings (SSSR count). The molecule has 0 aromatic heterocycles. The summed E-state index contributed by atoms with van der Waals surface area (Å²) in [5.41, 5.74) is 0. The number of rotatable bonds is 5. The van der Waals surface area contributed by atoms with Crippen molar-refractivity contribution in [1.82, 2.24) is 5.32 Å². The van der Waals surface area contributed by atoms with Crippen LogP contribution in [0.25, 0.3) is 0 Å². The Morgan fingerprint density at radius 1 is 1.27 bits per heavy atom. The molecule has 0 aliphatic heterocycles. The molecule has 0 spiro atoms. The van der Waals surface area contributed by atoms with Gasteiger partial charge >= 0.3 is 0 Å². The van der Waals surface area contributed by atoms with Gasteiger partial charge in [-0.05, 0) is 25.3 Å². The zero-order valence-corrected chi connectivity index (χ0v) is 10.6. The third-order valence-electron chi connectivity index (χ3n) is 3.32. The predicted octanol–water partition coefficient (Wildman–Crippen LogP) is 1.59. The third kappa shape index (κ3) is 4.11. The predicted molar refractivity (Wildman–Crippen MR) is 63.8 cm³/mol. The highest BCUT2D eigenvalue weighted by Crippen LogP contribution is 2.29. The molecule has 0 bridgehead atoms. The Morgan fingerprint density at radius 3 is 2.33 bits per heavy atom. The monoisotopic (exact) mass is 233 g/mol. The van der Waals surface area contributed by atoms with Crippen LogP contribution >= 0.6 is 0 Å². The van der Waals surface area contributed by atoms with Crippen molar-refractivity contribution >= 4 is 9.84 Å². The molecule has 0 radical (unpaired) electrons. The molecule has 4 heteroatoms. The Balaban J connectivity index is 2.62. The maximum absolute atomic E-state index is 11.7. The van der Waals surface area contributed by atoms with Gasteiger partial charge in [0.1, 0.15) is 0 Å². The van der Waals surface area contributed by atoms with Gasteiger partial charge in [-0.15, -0.1) is 0 Å². The molecule has 1 aliphatic rings. The molecule has 0 amide bonds. The fraction of sp³-hybridized carbons (Fsp3) is 1.00. The van der Waals surface area contributed by atoms with Crippen molar-refractivity contribution in [2.45, 2.75) is 44.3 Å². The fourth-order valence-corrected chi connectivity index (χ4v) is 3.85. The SMILES string of the molecule is CCNCC(C1CCCCC1)S(C)(=O)=O. The van der Waals surface area contributed by atoms with Gasteiger partial charge in [0.25, 0.3) is 0 Å². The largest absolute Gasteiger partial charge is 0.316 e. The number of hydrogen-bond donors (Lipinski definition) is 1. The molecule has 90 valence electrons. The molecular formula is C11H23NO2S. The Hall–Kier alpha value is -0.0900. The van der Waals surface area contributed by atoms with E-state index in [2.05, 4.69) is 5.32 Å². The zero-order chi connectivity index (χ0) is 11.3. The number of nitrogens with one attached hydrogen (secondary N) is 1. The summed E-state index contributed by atoms with van der Waals surface area (Å²) in [5, 5.41) is 3.00. The highest BCUT2D eigenvalue weighted by atomic mass is 32.2. The summed E-state index contributed by atoms with van der Waals surface area (Å²) in [6.45, 7) is 3.49. The molecule has 1 saturated carbocycles. The topological polar surface area (TPSA) is 46.2 Å². The van der Waals surface area contributed by atoms with Gasteiger partial charge in [-0.2, -0.15) is 0 Å². The van der Waals surface area contributed by atoms with E-state index in [1.165, 1.54) is 25.5 Å². The van der Waals surface area contributed by atoms with Crippen LogP contribution in [0, 0.1) is 5.92 Å². The van der Waals surface area contributed by atoms with Gasteiger partial charge in [0, 0.05) is 12.8 Å². The van der Waals surface area contributed by atoms with Crippen molar-refractivity contribution in [1.29, 1.82) is 0 Å². The summed E-state index contributed by atoms with van der Waals surface area (Å²) in [6.07, 6.45) is 7.22. The molecule has 0 aromatic carbocycles. The second-order valence-corrected chi connectivity index (χ2v) is 6.84. The van der Waals surface area contributed by atoms with Gasteiger partial charge in [0.2, 0.25) is 0 Å². The van der Waals surface area contributed by atoms with Crippen molar-refractivity contribution in [3.05, 3.63) is 0 Å². The van der Waals surface area contributed by atoms with E-state index >= 15 is 0 Å². The van der Waals surface area contributed by atoms with E-state index < -0.39 is 9.84 Å². The van der Waals surface area contributed by atoms with Crippen molar-refractivity contribution in [3.63, 3.8) is 0 Å². The Bertz CT molecular complexity index is 268. The van der Waals surface area contributed by atoms with E-state index in [4.69, 9.17) is 0 Å². The van der Waals surface area contributed by atoms with Crippen LogP contribution in [0.15, 0.2) is 0 Å². The molecule has 3 nitrogen and oxygen atoms in total. The maximum atomic E-state index is 11.7. The third-order valence-corrected chi connectivity index (χ3v) is 4.97. The summed E-state index contributed by atoms with van der Waals surface area (Å²) in [5.74, 6) is 0.382.